The van der Waals surface area contributed by atoms with Crippen LogP contribution in [0.5, 0.6) is 0 Å². The molecule has 0 aromatic carbocycles. The van der Waals surface area contributed by atoms with Crippen LogP contribution in [0.4, 0.5) is 0 Å². The summed E-state index contributed by atoms with van der Waals surface area (Å²) in [6.45, 7) is 17.1. The molecular weight excluding hydrogens is 307 g/mol. The number of allylic oxidation sites excluding steroid dienone is 1. The van der Waals surface area contributed by atoms with Crippen LogP contribution in [0, 0.1) is 10.8 Å². The summed E-state index contributed by atoms with van der Waals surface area (Å²) in [4.78, 5) is 0. The molecule has 20 heavy (non-hydrogen) atoms. The molecule has 0 unspecified atom stereocenters. The fourth-order valence-electron chi connectivity index (χ4n) is 2.25. The summed E-state index contributed by atoms with van der Waals surface area (Å²) in [6, 6.07) is 0. The van der Waals surface area contributed by atoms with Gasteiger partial charge in [-0.05, 0) is 21.6 Å². The Morgan fingerprint density at radius 1 is 0.950 bits per heavy atom. The summed E-state index contributed by atoms with van der Waals surface area (Å²) in [5.74, 6) is 0. The summed E-state index contributed by atoms with van der Waals surface area (Å²) in [6.07, 6.45) is 11.5. The zero-order valence-corrected chi connectivity index (χ0v) is 16.6. The van der Waals surface area contributed by atoms with Crippen molar-refractivity contribution in [1.82, 2.24) is 0 Å². The van der Waals surface area contributed by atoms with Crippen LogP contribution in [-0.4, -0.2) is 6.71 Å². The van der Waals surface area contributed by atoms with Crippen molar-refractivity contribution < 1.29 is 0 Å². The molecule has 0 nitrogen and oxygen atoms in total. The Balaban J connectivity index is 4.56. The van der Waals surface area contributed by atoms with Crippen LogP contribution >= 0.6 is 15.9 Å². The normalized spacial score (nSPS) is 13.7. The predicted octanol–water partition coefficient (Wildman–Crippen LogP) is 7.36. The number of hydrogen-bond donors (Lipinski definition) is 0. The molecule has 0 aromatic rings. The molecule has 0 spiro atoms. The fraction of sp³-hybridized carbons (Fsp3) is 0.889. The lowest BCUT2D eigenvalue weighted by Crippen LogP contribution is -2.20. The summed E-state index contributed by atoms with van der Waals surface area (Å²) in [5, 5.41) is 0. The van der Waals surface area contributed by atoms with Crippen molar-refractivity contribution in [1.29, 1.82) is 0 Å². The molecule has 0 bridgehead atoms. The fourth-order valence-corrected chi connectivity index (χ4v) is 2.93. The topological polar surface area (TPSA) is 0 Å². The molecule has 0 radical (unpaired) electrons. The summed E-state index contributed by atoms with van der Waals surface area (Å²) < 4.78 is 1.46. The van der Waals surface area contributed by atoms with E-state index in [1.807, 2.05) is 0 Å². The monoisotopic (exact) mass is 342 g/mol. The van der Waals surface area contributed by atoms with Crippen LogP contribution in [-0.2, 0) is 0 Å². The van der Waals surface area contributed by atoms with Crippen molar-refractivity contribution in [2.45, 2.75) is 93.2 Å². The Morgan fingerprint density at radius 3 is 1.75 bits per heavy atom. The lowest BCUT2D eigenvalue weighted by molar-refractivity contribution is 0.389. The highest BCUT2D eigenvalue weighted by molar-refractivity contribution is 9.12. The van der Waals surface area contributed by atoms with Gasteiger partial charge in [0.15, 0.2) is 6.71 Å². The van der Waals surface area contributed by atoms with Gasteiger partial charge >= 0.3 is 0 Å². The van der Waals surface area contributed by atoms with Crippen molar-refractivity contribution in [3.63, 3.8) is 0 Å². The van der Waals surface area contributed by atoms with Gasteiger partial charge in [0.25, 0.3) is 0 Å². The first-order valence-electron chi connectivity index (χ1n) is 8.41. The van der Waals surface area contributed by atoms with Gasteiger partial charge < -0.3 is 0 Å². The number of unbranched alkanes of at least 4 members (excludes halogenated alkanes) is 2. The van der Waals surface area contributed by atoms with Crippen LogP contribution in [0.3, 0.4) is 0 Å². The third-order valence-electron chi connectivity index (χ3n) is 3.77. The smallest absolute Gasteiger partial charge is 0.0834 e. The zero-order valence-electron chi connectivity index (χ0n) is 15.0. The van der Waals surface area contributed by atoms with Gasteiger partial charge in [0.1, 0.15) is 0 Å². The van der Waals surface area contributed by atoms with Crippen molar-refractivity contribution >= 4 is 22.6 Å². The Kier molecular flexibility index (Phi) is 9.47. The number of rotatable bonds is 8. The first kappa shape index (κ1) is 20.3. The van der Waals surface area contributed by atoms with Crippen LogP contribution < -0.4 is 0 Å². The van der Waals surface area contributed by atoms with E-state index in [1.165, 1.54) is 49.1 Å². The molecule has 0 saturated carbocycles. The SMILES string of the molecule is CCCC/C=C(\Br)B(CCC(C)(C)C)CCC(C)(C)C. The van der Waals surface area contributed by atoms with E-state index >= 15 is 0 Å². The van der Waals surface area contributed by atoms with Crippen LogP contribution in [0.25, 0.3) is 0 Å². The molecule has 0 N–H and O–H groups in total. The summed E-state index contributed by atoms with van der Waals surface area (Å²) in [7, 11) is 0. The second-order valence-electron chi connectivity index (χ2n) is 8.63. The standard InChI is InChI=1S/C18H36BBr/c1-8-9-10-11-16(20)19(14-12-17(2,3)4)15-13-18(5,6)7/h11H,8-10,12-15H2,1-7H3/b16-11-. The van der Waals surface area contributed by atoms with E-state index in [0.29, 0.717) is 17.5 Å². The average molecular weight is 343 g/mol. The molecule has 0 aliphatic rings. The highest BCUT2D eigenvalue weighted by Gasteiger charge is 2.23. The van der Waals surface area contributed by atoms with E-state index in [0.717, 1.165) is 0 Å². The molecule has 0 amide bonds. The third-order valence-corrected chi connectivity index (χ3v) is 4.74. The van der Waals surface area contributed by atoms with Crippen molar-refractivity contribution in [3.05, 3.63) is 10.5 Å². The molecule has 0 aliphatic carbocycles. The lowest BCUT2D eigenvalue weighted by Gasteiger charge is -2.24. The maximum absolute atomic E-state index is 3.87. The van der Waals surface area contributed by atoms with E-state index in [1.54, 1.807) is 0 Å². The highest BCUT2D eigenvalue weighted by atomic mass is 79.9. The van der Waals surface area contributed by atoms with Gasteiger partial charge in [-0.3, -0.25) is 0 Å². The number of halogens is 1. The molecule has 0 saturated heterocycles. The molecule has 0 aromatic heterocycles. The van der Waals surface area contributed by atoms with Gasteiger partial charge in [0.05, 0.1) is 0 Å². The minimum atomic E-state index is 0.441. The van der Waals surface area contributed by atoms with E-state index in [-0.39, 0.29) is 0 Å². The van der Waals surface area contributed by atoms with E-state index in [9.17, 15) is 0 Å². The second-order valence-corrected chi connectivity index (χ2v) is 9.54. The number of hydrogen-bond acceptors (Lipinski definition) is 0. The Labute approximate surface area is 137 Å². The second kappa shape index (κ2) is 9.33. The third kappa shape index (κ3) is 12.1. The Hall–Kier alpha value is 0.285. The molecule has 0 aliphatic heterocycles. The van der Waals surface area contributed by atoms with Crippen LogP contribution in [0.1, 0.15) is 80.6 Å². The highest BCUT2D eigenvalue weighted by Crippen LogP contribution is 2.31. The maximum atomic E-state index is 3.87. The van der Waals surface area contributed by atoms with Crippen molar-refractivity contribution in [3.8, 4) is 0 Å². The minimum absolute atomic E-state index is 0.441. The van der Waals surface area contributed by atoms with E-state index < -0.39 is 0 Å². The molecule has 0 rings (SSSR count). The van der Waals surface area contributed by atoms with Gasteiger partial charge in [-0.1, -0.05) is 109 Å². The molecular formula is C18H36BBr. The molecule has 0 heterocycles. The van der Waals surface area contributed by atoms with E-state index in [2.05, 4.69) is 70.5 Å². The molecule has 0 atom stereocenters. The minimum Gasteiger partial charge on any atom is -0.0834 e. The zero-order chi connectivity index (χ0) is 15.8. The van der Waals surface area contributed by atoms with Crippen LogP contribution in [0.15, 0.2) is 10.5 Å². The van der Waals surface area contributed by atoms with Gasteiger partial charge in [-0.15, -0.1) is 0 Å². The Bertz CT molecular complexity index is 263. The molecule has 2 heteroatoms. The van der Waals surface area contributed by atoms with Gasteiger partial charge in [0, 0.05) is 0 Å². The predicted molar refractivity (Wildman–Crippen MR) is 100 cm³/mol. The Morgan fingerprint density at radius 2 is 1.40 bits per heavy atom. The van der Waals surface area contributed by atoms with E-state index in [4.69, 9.17) is 0 Å². The summed E-state index contributed by atoms with van der Waals surface area (Å²) >= 11 is 3.87. The first-order valence-corrected chi connectivity index (χ1v) is 9.20. The summed E-state index contributed by atoms with van der Waals surface area (Å²) in [5.41, 5.74) is 0.882. The van der Waals surface area contributed by atoms with Gasteiger partial charge in [0.2, 0.25) is 0 Å². The first-order chi connectivity index (χ1) is 9.05. The average Bonchev–Trinajstić information content (AvgIpc) is 2.26. The molecule has 0 fully saturated rings. The van der Waals surface area contributed by atoms with Crippen molar-refractivity contribution in [2.24, 2.45) is 10.8 Å². The van der Waals surface area contributed by atoms with Gasteiger partial charge in [-0.25, -0.2) is 0 Å². The molecule has 118 valence electrons. The quantitative estimate of drug-likeness (QED) is 0.319. The van der Waals surface area contributed by atoms with Crippen molar-refractivity contribution in [2.75, 3.05) is 0 Å². The largest absolute Gasteiger partial charge is 0.184 e. The maximum Gasteiger partial charge on any atom is 0.184 e. The van der Waals surface area contributed by atoms with Gasteiger partial charge in [-0.2, -0.15) is 0 Å². The van der Waals surface area contributed by atoms with Crippen LogP contribution in [0.2, 0.25) is 12.6 Å². The lowest BCUT2D eigenvalue weighted by atomic mass is 9.42.